The highest BCUT2D eigenvalue weighted by molar-refractivity contribution is 7.18. The van der Waals surface area contributed by atoms with Crippen LogP contribution in [0.25, 0.3) is 0 Å². The molecule has 0 bridgehead atoms. The van der Waals surface area contributed by atoms with E-state index in [-0.39, 0.29) is 24.2 Å². The first-order valence-electron chi connectivity index (χ1n) is 6.29. The van der Waals surface area contributed by atoms with Crippen LogP contribution in [0.4, 0.5) is 10.9 Å². The minimum Gasteiger partial charge on any atom is -0.382 e. The topological polar surface area (TPSA) is 100 Å². The summed E-state index contributed by atoms with van der Waals surface area (Å²) < 4.78 is 0. The van der Waals surface area contributed by atoms with Crippen molar-refractivity contribution < 1.29 is 9.59 Å². The van der Waals surface area contributed by atoms with Gasteiger partial charge in [0, 0.05) is 20.6 Å². The van der Waals surface area contributed by atoms with E-state index in [1.165, 1.54) is 11.3 Å². The molecule has 0 aliphatic heterocycles. The molecule has 20 heavy (non-hydrogen) atoms. The molecule has 2 amide bonds. The lowest BCUT2D eigenvalue weighted by Crippen LogP contribution is -2.38. The normalized spacial score (nSPS) is 10.4. The van der Waals surface area contributed by atoms with Gasteiger partial charge in [-0.15, -0.1) is 0 Å². The minimum atomic E-state index is -0.382. The van der Waals surface area contributed by atoms with E-state index in [1.54, 1.807) is 4.90 Å². The van der Waals surface area contributed by atoms with Crippen LogP contribution in [0, 0.1) is 5.92 Å². The first-order chi connectivity index (χ1) is 9.31. The minimum absolute atomic E-state index is 0.0693. The largest absolute Gasteiger partial charge is 0.382 e. The van der Waals surface area contributed by atoms with Gasteiger partial charge in [-0.2, -0.15) is 0 Å². The van der Waals surface area contributed by atoms with Gasteiger partial charge in [0.05, 0.1) is 6.54 Å². The van der Waals surface area contributed by atoms with Crippen LogP contribution in [0.15, 0.2) is 0 Å². The zero-order valence-electron chi connectivity index (χ0n) is 12.2. The van der Waals surface area contributed by atoms with Crippen molar-refractivity contribution in [1.82, 2.24) is 15.6 Å². The second kappa shape index (κ2) is 7.09. The van der Waals surface area contributed by atoms with Crippen molar-refractivity contribution in [2.24, 2.45) is 5.92 Å². The van der Waals surface area contributed by atoms with Gasteiger partial charge in [0.2, 0.25) is 5.91 Å². The molecule has 8 heteroatoms. The number of thiazole rings is 1. The molecule has 0 unspecified atom stereocenters. The quantitative estimate of drug-likeness (QED) is 0.701. The van der Waals surface area contributed by atoms with Gasteiger partial charge in [0.15, 0.2) is 5.13 Å². The first kappa shape index (κ1) is 16.2. The fraction of sp³-hybridized carbons (Fsp3) is 0.583. The SMILES string of the molecule is CC(C)CNC(=O)CNC(=O)c1sc(N(C)C)nc1N. The molecule has 0 aliphatic rings. The highest BCUT2D eigenvalue weighted by atomic mass is 32.1. The number of rotatable bonds is 6. The van der Waals surface area contributed by atoms with Crippen LogP contribution in [0.1, 0.15) is 23.5 Å². The molecule has 1 aromatic rings. The molecule has 0 aromatic carbocycles. The van der Waals surface area contributed by atoms with Crippen molar-refractivity contribution in [1.29, 1.82) is 0 Å². The average molecular weight is 299 g/mol. The third-order valence-electron chi connectivity index (χ3n) is 2.35. The number of nitrogens with zero attached hydrogens (tertiary/aromatic N) is 2. The molecular formula is C12H21N5O2S. The Kier molecular flexibility index (Phi) is 5.75. The first-order valence-corrected chi connectivity index (χ1v) is 7.11. The molecule has 1 heterocycles. The van der Waals surface area contributed by atoms with Crippen molar-refractivity contribution >= 4 is 34.1 Å². The molecule has 1 aromatic heterocycles. The summed E-state index contributed by atoms with van der Waals surface area (Å²) in [6.07, 6.45) is 0. The maximum absolute atomic E-state index is 11.9. The number of aromatic nitrogens is 1. The molecule has 0 atom stereocenters. The fourth-order valence-electron chi connectivity index (χ4n) is 1.30. The van der Waals surface area contributed by atoms with Crippen molar-refractivity contribution in [2.45, 2.75) is 13.8 Å². The highest BCUT2D eigenvalue weighted by Crippen LogP contribution is 2.26. The average Bonchev–Trinajstić information content (AvgIpc) is 2.75. The standard InChI is InChI=1S/C12H21N5O2S/c1-7(2)5-14-8(18)6-15-11(19)9-10(13)16-12(20-9)17(3)4/h7H,5-6,13H2,1-4H3,(H,14,18)(H,15,19). The summed E-state index contributed by atoms with van der Waals surface area (Å²) in [7, 11) is 3.64. The molecule has 112 valence electrons. The number of carbonyl (C=O) groups excluding carboxylic acids is 2. The van der Waals surface area contributed by atoms with E-state index in [0.29, 0.717) is 22.5 Å². The van der Waals surface area contributed by atoms with Crippen LogP contribution in [-0.4, -0.2) is 44.0 Å². The number of hydrogen-bond acceptors (Lipinski definition) is 6. The Morgan fingerprint density at radius 2 is 2.00 bits per heavy atom. The zero-order valence-corrected chi connectivity index (χ0v) is 13.0. The maximum atomic E-state index is 11.9. The molecule has 0 radical (unpaired) electrons. The van der Waals surface area contributed by atoms with E-state index in [2.05, 4.69) is 15.6 Å². The molecule has 0 fully saturated rings. The lowest BCUT2D eigenvalue weighted by atomic mass is 10.2. The van der Waals surface area contributed by atoms with E-state index in [9.17, 15) is 9.59 Å². The van der Waals surface area contributed by atoms with Crippen LogP contribution in [0.3, 0.4) is 0 Å². The number of nitrogens with one attached hydrogen (secondary N) is 2. The van der Waals surface area contributed by atoms with E-state index >= 15 is 0 Å². The molecule has 0 aliphatic carbocycles. The Labute approximate surface area is 122 Å². The third-order valence-corrected chi connectivity index (χ3v) is 3.59. The van der Waals surface area contributed by atoms with Crippen LogP contribution in [0.5, 0.6) is 0 Å². The lowest BCUT2D eigenvalue weighted by Gasteiger charge is -2.08. The molecule has 1 rings (SSSR count). The molecular weight excluding hydrogens is 278 g/mol. The van der Waals surface area contributed by atoms with Gasteiger partial charge in [-0.25, -0.2) is 4.98 Å². The monoisotopic (exact) mass is 299 g/mol. The van der Waals surface area contributed by atoms with Gasteiger partial charge in [-0.3, -0.25) is 9.59 Å². The smallest absolute Gasteiger partial charge is 0.265 e. The summed E-state index contributed by atoms with van der Waals surface area (Å²) in [6.45, 7) is 4.52. The highest BCUT2D eigenvalue weighted by Gasteiger charge is 2.17. The predicted molar refractivity (Wildman–Crippen MR) is 81.0 cm³/mol. The number of nitrogens with two attached hydrogens (primary N) is 1. The summed E-state index contributed by atoms with van der Waals surface area (Å²) in [6, 6.07) is 0. The molecule has 7 nitrogen and oxygen atoms in total. The molecule has 0 saturated carbocycles. The van der Waals surface area contributed by atoms with Gasteiger partial charge in [-0.05, 0) is 5.92 Å². The summed E-state index contributed by atoms with van der Waals surface area (Å²) in [4.78, 5) is 29.6. The van der Waals surface area contributed by atoms with Crippen molar-refractivity contribution in [3.8, 4) is 0 Å². The van der Waals surface area contributed by atoms with E-state index in [0.717, 1.165) is 0 Å². The Bertz CT molecular complexity index is 484. The van der Waals surface area contributed by atoms with Gasteiger partial charge in [-0.1, -0.05) is 25.2 Å². The van der Waals surface area contributed by atoms with E-state index < -0.39 is 0 Å². The van der Waals surface area contributed by atoms with Crippen LogP contribution in [-0.2, 0) is 4.79 Å². The Morgan fingerprint density at radius 1 is 1.35 bits per heavy atom. The van der Waals surface area contributed by atoms with Gasteiger partial charge in [0.25, 0.3) is 5.91 Å². The van der Waals surface area contributed by atoms with E-state index in [1.807, 2.05) is 27.9 Å². The molecule has 0 saturated heterocycles. The van der Waals surface area contributed by atoms with Crippen LogP contribution >= 0.6 is 11.3 Å². The summed E-state index contributed by atoms with van der Waals surface area (Å²) >= 11 is 1.19. The maximum Gasteiger partial charge on any atom is 0.265 e. The fourth-order valence-corrected chi connectivity index (χ4v) is 2.12. The van der Waals surface area contributed by atoms with Gasteiger partial charge < -0.3 is 21.3 Å². The predicted octanol–water partition coefficient (Wildman–Crippen LogP) is 0.293. The number of anilines is 2. The molecule has 0 spiro atoms. The van der Waals surface area contributed by atoms with Crippen molar-refractivity contribution in [3.05, 3.63) is 4.88 Å². The second-order valence-electron chi connectivity index (χ2n) is 4.99. The van der Waals surface area contributed by atoms with Crippen LogP contribution in [0.2, 0.25) is 0 Å². The molecule has 4 N–H and O–H groups in total. The Morgan fingerprint density at radius 3 is 2.50 bits per heavy atom. The number of hydrogen-bond donors (Lipinski definition) is 3. The van der Waals surface area contributed by atoms with Gasteiger partial charge in [0.1, 0.15) is 10.7 Å². The summed E-state index contributed by atoms with van der Waals surface area (Å²) in [5.74, 6) is -0.0519. The Hall–Kier alpha value is -1.83. The number of nitrogen functional groups attached to an aromatic ring is 1. The third kappa shape index (κ3) is 4.69. The summed E-state index contributed by atoms with van der Waals surface area (Å²) in [5, 5.41) is 5.91. The Balaban J connectivity index is 2.53. The summed E-state index contributed by atoms with van der Waals surface area (Å²) in [5.41, 5.74) is 5.70. The van der Waals surface area contributed by atoms with Crippen molar-refractivity contribution in [2.75, 3.05) is 37.8 Å². The second-order valence-corrected chi connectivity index (χ2v) is 5.96. The number of carbonyl (C=O) groups is 2. The number of amides is 2. The van der Waals surface area contributed by atoms with E-state index in [4.69, 9.17) is 5.73 Å². The van der Waals surface area contributed by atoms with Crippen LogP contribution < -0.4 is 21.3 Å². The lowest BCUT2D eigenvalue weighted by molar-refractivity contribution is -0.120. The van der Waals surface area contributed by atoms with Crippen molar-refractivity contribution in [3.63, 3.8) is 0 Å². The zero-order chi connectivity index (χ0) is 15.3. The van der Waals surface area contributed by atoms with Gasteiger partial charge >= 0.3 is 0 Å².